The minimum Gasteiger partial charge on any atom is -0.468 e. The summed E-state index contributed by atoms with van der Waals surface area (Å²) in [5.74, 6) is 0.237. The van der Waals surface area contributed by atoms with Gasteiger partial charge in [-0.1, -0.05) is 23.2 Å². The van der Waals surface area contributed by atoms with Crippen LogP contribution in [0.5, 0.6) is 0 Å². The van der Waals surface area contributed by atoms with Crippen molar-refractivity contribution in [3.63, 3.8) is 0 Å². The molecule has 2 aromatic rings. The minimum absolute atomic E-state index is 0.149. The Morgan fingerprint density at radius 3 is 2.62 bits per heavy atom. The lowest BCUT2D eigenvalue weighted by Crippen LogP contribution is -2.58. The second-order valence-corrected chi connectivity index (χ2v) is 8.57. The zero-order valence-electron chi connectivity index (χ0n) is 12.4. The first-order valence-electron chi connectivity index (χ1n) is 7.10. The Morgan fingerprint density at radius 1 is 1.25 bits per heavy atom. The van der Waals surface area contributed by atoms with Crippen LogP contribution in [0.3, 0.4) is 0 Å². The third kappa shape index (κ3) is 3.68. The molecule has 2 heterocycles. The van der Waals surface area contributed by atoms with Crippen molar-refractivity contribution in [3.8, 4) is 0 Å². The molecule has 1 N–H and O–H groups in total. The van der Waals surface area contributed by atoms with E-state index in [1.807, 2.05) is 0 Å². The van der Waals surface area contributed by atoms with Crippen LogP contribution in [0.4, 0.5) is 10.5 Å². The number of anilines is 1. The van der Waals surface area contributed by atoms with Crippen LogP contribution in [0.1, 0.15) is 5.76 Å². The van der Waals surface area contributed by atoms with Crippen molar-refractivity contribution in [2.75, 3.05) is 18.4 Å². The lowest BCUT2D eigenvalue weighted by molar-refractivity contribution is 0.182. The van der Waals surface area contributed by atoms with Crippen molar-refractivity contribution >= 4 is 44.8 Å². The predicted octanol–water partition coefficient (Wildman–Crippen LogP) is 3.42. The zero-order valence-corrected chi connectivity index (χ0v) is 14.7. The fourth-order valence-electron chi connectivity index (χ4n) is 2.32. The van der Waals surface area contributed by atoms with E-state index in [0.29, 0.717) is 21.5 Å². The number of nitrogens with zero attached hydrogens (tertiary/aromatic N) is 1. The maximum atomic E-state index is 12.2. The number of hydrogen-bond donors (Lipinski definition) is 1. The molecule has 0 aliphatic carbocycles. The van der Waals surface area contributed by atoms with Gasteiger partial charge in [-0.15, -0.1) is 0 Å². The molecule has 1 aromatic carbocycles. The number of carbonyl (C=O) groups is 1. The number of benzene rings is 1. The molecule has 1 saturated heterocycles. The lowest BCUT2D eigenvalue weighted by atomic mass is 10.2. The van der Waals surface area contributed by atoms with Crippen LogP contribution in [-0.4, -0.2) is 37.7 Å². The highest BCUT2D eigenvalue weighted by atomic mass is 35.5. The molecule has 6 nitrogen and oxygen atoms in total. The Hall–Kier alpha value is -1.70. The number of hydrogen-bond acceptors (Lipinski definition) is 4. The number of rotatable bonds is 4. The van der Waals surface area contributed by atoms with E-state index < -0.39 is 15.1 Å². The highest BCUT2D eigenvalue weighted by molar-refractivity contribution is 7.91. The second-order valence-electron chi connectivity index (χ2n) is 5.47. The number of carbonyl (C=O) groups excluding carboxylic acids is 1. The summed E-state index contributed by atoms with van der Waals surface area (Å²) in [5, 5.41) is 2.80. The van der Waals surface area contributed by atoms with Crippen molar-refractivity contribution in [2.45, 2.75) is 11.0 Å². The maximum Gasteiger partial charge on any atom is 0.321 e. The first kappa shape index (κ1) is 17.1. The average Bonchev–Trinajstić information content (AvgIpc) is 2.93. The molecule has 0 bridgehead atoms. The van der Waals surface area contributed by atoms with Gasteiger partial charge in [-0.05, 0) is 30.3 Å². The third-order valence-corrected chi connectivity index (χ3v) is 6.48. The van der Waals surface area contributed by atoms with Gasteiger partial charge >= 0.3 is 6.03 Å². The fourth-order valence-corrected chi connectivity index (χ4v) is 4.23. The molecule has 3 rings (SSSR count). The van der Waals surface area contributed by atoms with Gasteiger partial charge < -0.3 is 14.6 Å². The van der Waals surface area contributed by atoms with Crippen molar-refractivity contribution in [3.05, 3.63) is 52.4 Å². The third-order valence-electron chi connectivity index (χ3n) is 3.74. The first-order chi connectivity index (χ1) is 11.3. The molecule has 0 radical (unpaired) electrons. The van der Waals surface area contributed by atoms with E-state index in [2.05, 4.69) is 5.32 Å². The van der Waals surface area contributed by atoms with Crippen LogP contribution in [0.2, 0.25) is 10.0 Å². The number of halogens is 2. The summed E-state index contributed by atoms with van der Waals surface area (Å²) in [7, 11) is -3.35. The quantitative estimate of drug-likeness (QED) is 0.869. The molecule has 1 fully saturated rings. The van der Waals surface area contributed by atoms with Crippen LogP contribution < -0.4 is 5.32 Å². The van der Waals surface area contributed by atoms with Gasteiger partial charge in [0.1, 0.15) is 11.5 Å². The van der Waals surface area contributed by atoms with E-state index in [-0.39, 0.29) is 24.9 Å². The topological polar surface area (TPSA) is 79.6 Å². The van der Waals surface area contributed by atoms with Gasteiger partial charge in [0.25, 0.3) is 0 Å². The highest BCUT2D eigenvalue weighted by Gasteiger charge is 2.40. The molecule has 9 heteroatoms. The van der Waals surface area contributed by atoms with Gasteiger partial charge in [-0.25, -0.2) is 13.2 Å². The monoisotopic (exact) mass is 388 g/mol. The van der Waals surface area contributed by atoms with Gasteiger partial charge in [-0.2, -0.15) is 0 Å². The maximum absolute atomic E-state index is 12.2. The van der Waals surface area contributed by atoms with E-state index in [1.54, 1.807) is 24.3 Å². The standard InChI is InChI=1S/C15H14Cl2N2O4S/c16-13-4-3-10(6-14(13)17)18-15(20)19-7-12(8-19)24(21,22)9-11-2-1-5-23-11/h1-6,12H,7-9H2,(H,18,20). The molecule has 0 unspecified atom stereocenters. The summed E-state index contributed by atoms with van der Waals surface area (Å²) in [6.07, 6.45) is 1.43. The Bertz CT molecular complexity index is 846. The van der Waals surface area contributed by atoms with Crippen molar-refractivity contribution in [2.24, 2.45) is 0 Å². The van der Waals surface area contributed by atoms with Crippen LogP contribution >= 0.6 is 23.2 Å². The van der Waals surface area contributed by atoms with Crippen molar-refractivity contribution in [1.29, 1.82) is 0 Å². The van der Waals surface area contributed by atoms with Crippen LogP contribution in [0.15, 0.2) is 41.0 Å². The van der Waals surface area contributed by atoms with E-state index in [4.69, 9.17) is 27.6 Å². The van der Waals surface area contributed by atoms with E-state index >= 15 is 0 Å². The number of likely N-dealkylation sites (tertiary alicyclic amines) is 1. The zero-order chi connectivity index (χ0) is 17.3. The minimum atomic E-state index is -3.35. The summed E-state index contributed by atoms with van der Waals surface area (Å²) < 4.78 is 29.5. The summed E-state index contributed by atoms with van der Waals surface area (Å²) >= 11 is 11.7. The van der Waals surface area contributed by atoms with Crippen molar-refractivity contribution < 1.29 is 17.6 Å². The normalized spacial score (nSPS) is 15.2. The molecule has 0 atom stereocenters. The fraction of sp³-hybridized carbons (Fsp3) is 0.267. The van der Waals surface area contributed by atoms with E-state index in [9.17, 15) is 13.2 Å². The van der Waals surface area contributed by atoms with Gasteiger partial charge in [-0.3, -0.25) is 0 Å². The summed E-state index contributed by atoms with van der Waals surface area (Å²) in [5.41, 5.74) is 0.497. The van der Waals surface area contributed by atoms with Crippen molar-refractivity contribution in [1.82, 2.24) is 4.90 Å². The predicted molar refractivity (Wildman–Crippen MR) is 92.2 cm³/mol. The number of amides is 2. The Labute approximate surface area is 149 Å². The molecule has 0 saturated carbocycles. The molecule has 0 spiro atoms. The Balaban J connectivity index is 1.55. The number of nitrogens with one attached hydrogen (secondary N) is 1. The molecular formula is C15H14Cl2N2O4S. The number of sulfone groups is 1. The molecule has 2 amide bonds. The van der Waals surface area contributed by atoms with Crippen LogP contribution in [0, 0.1) is 0 Å². The molecular weight excluding hydrogens is 375 g/mol. The Morgan fingerprint density at radius 2 is 2.00 bits per heavy atom. The number of urea groups is 1. The molecule has 128 valence electrons. The summed E-state index contributed by atoms with van der Waals surface area (Å²) in [6, 6.07) is 7.61. The van der Waals surface area contributed by atoms with Crippen LogP contribution in [-0.2, 0) is 15.6 Å². The molecule has 1 aromatic heterocycles. The van der Waals surface area contributed by atoms with E-state index in [0.717, 1.165) is 0 Å². The first-order valence-corrected chi connectivity index (χ1v) is 9.57. The smallest absolute Gasteiger partial charge is 0.321 e. The molecule has 1 aliphatic rings. The SMILES string of the molecule is O=C(Nc1ccc(Cl)c(Cl)c1)N1CC(S(=O)(=O)Cc2ccco2)C1. The van der Waals surface area contributed by atoms with Gasteiger partial charge in [0, 0.05) is 18.8 Å². The lowest BCUT2D eigenvalue weighted by Gasteiger charge is -2.38. The molecule has 1 aliphatic heterocycles. The second kappa shape index (κ2) is 6.66. The highest BCUT2D eigenvalue weighted by Crippen LogP contribution is 2.26. The van der Waals surface area contributed by atoms with Gasteiger partial charge in [0.2, 0.25) is 0 Å². The summed E-state index contributed by atoms with van der Waals surface area (Å²) in [4.78, 5) is 13.5. The van der Waals surface area contributed by atoms with E-state index in [1.165, 1.54) is 17.2 Å². The van der Waals surface area contributed by atoms with Gasteiger partial charge in [0.05, 0.1) is 21.6 Å². The van der Waals surface area contributed by atoms with Gasteiger partial charge in [0.15, 0.2) is 9.84 Å². The van der Waals surface area contributed by atoms with Crippen LogP contribution in [0.25, 0.3) is 0 Å². The number of furan rings is 1. The Kier molecular flexibility index (Phi) is 4.76. The molecule has 24 heavy (non-hydrogen) atoms. The largest absolute Gasteiger partial charge is 0.468 e. The summed E-state index contributed by atoms with van der Waals surface area (Å²) in [6.45, 7) is 0.298. The average molecular weight is 389 g/mol.